The number of carboxylic acids is 1. The Hall–Kier alpha value is -1.34. The number of carboxylic acid groups (broad SMARTS) is 1. The van der Waals surface area contributed by atoms with Gasteiger partial charge in [-0.2, -0.15) is 0 Å². The van der Waals surface area contributed by atoms with Crippen molar-refractivity contribution in [1.29, 1.82) is 0 Å². The molecule has 0 radical (unpaired) electrons. The van der Waals surface area contributed by atoms with Crippen LogP contribution in [0.4, 0.5) is 0 Å². The van der Waals surface area contributed by atoms with E-state index in [0.29, 0.717) is 23.4 Å². The summed E-state index contributed by atoms with van der Waals surface area (Å²) < 4.78 is 5.93. The summed E-state index contributed by atoms with van der Waals surface area (Å²) in [6, 6.07) is 3.58. The molecule has 6 nitrogen and oxygen atoms in total. The van der Waals surface area contributed by atoms with Crippen molar-refractivity contribution >= 4 is 35.1 Å². The summed E-state index contributed by atoms with van der Waals surface area (Å²) in [5.41, 5.74) is -0.567. The fraction of sp³-hybridized carbons (Fsp3) is 0.556. The van der Waals surface area contributed by atoms with Crippen LogP contribution in [0.3, 0.4) is 0 Å². The van der Waals surface area contributed by atoms with Crippen molar-refractivity contribution in [2.45, 2.75) is 38.0 Å². The zero-order chi connectivity index (χ0) is 18.9. The van der Waals surface area contributed by atoms with Crippen LogP contribution in [0.5, 0.6) is 0 Å². The smallest absolute Gasteiger partial charge is 0.328 e. The van der Waals surface area contributed by atoms with Crippen LogP contribution in [0.15, 0.2) is 18.2 Å². The van der Waals surface area contributed by atoms with Crippen molar-refractivity contribution in [3.63, 3.8) is 0 Å². The van der Waals surface area contributed by atoms with E-state index >= 15 is 0 Å². The molecule has 2 saturated heterocycles. The zero-order valence-corrected chi connectivity index (χ0v) is 16.1. The Bertz CT molecular complexity index is 704. The highest BCUT2D eigenvalue weighted by Crippen LogP contribution is 2.39. The summed E-state index contributed by atoms with van der Waals surface area (Å²) in [6.07, 6.45) is 2.23. The number of nitrogens with zero attached hydrogens (tertiary/aromatic N) is 2. The number of ether oxygens (including phenoxy) is 1. The predicted octanol–water partition coefficient (Wildman–Crippen LogP) is 3.12. The standard InChI is InChI=1S/C18H22Cl2N2O4/c1-2-7-21-8-5-18(6-9-21)22(15(11-26-18)17(24)25)16(23)12-3-4-13(19)14(20)10-12/h3-4,10,15H,2,5-9,11H2,1H3,(H,24,25)/t15-/m0/s1. The molecule has 2 aliphatic heterocycles. The number of rotatable bonds is 4. The Morgan fingerprint density at radius 1 is 1.27 bits per heavy atom. The second-order valence-electron chi connectivity index (χ2n) is 6.76. The fourth-order valence-corrected chi connectivity index (χ4v) is 4.06. The van der Waals surface area contributed by atoms with Crippen molar-refractivity contribution in [2.75, 3.05) is 26.2 Å². The normalized spacial score (nSPS) is 22.7. The van der Waals surface area contributed by atoms with Crippen LogP contribution >= 0.6 is 23.2 Å². The van der Waals surface area contributed by atoms with Gasteiger partial charge in [-0.05, 0) is 31.2 Å². The molecule has 142 valence electrons. The van der Waals surface area contributed by atoms with E-state index in [-0.39, 0.29) is 11.6 Å². The van der Waals surface area contributed by atoms with Crippen LogP contribution in [0.1, 0.15) is 36.5 Å². The lowest BCUT2D eigenvalue weighted by molar-refractivity contribution is -0.143. The Morgan fingerprint density at radius 3 is 2.54 bits per heavy atom. The van der Waals surface area contributed by atoms with E-state index in [0.717, 1.165) is 26.1 Å². The first-order chi connectivity index (χ1) is 12.4. The topological polar surface area (TPSA) is 70.1 Å². The first kappa shape index (κ1) is 19.4. The van der Waals surface area contributed by atoms with Crippen molar-refractivity contribution in [3.05, 3.63) is 33.8 Å². The Morgan fingerprint density at radius 2 is 1.96 bits per heavy atom. The maximum Gasteiger partial charge on any atom is 0.328 e. The van der Waals surface area contributed by atoms with Gasteiger partial charge in [-0.25, -0.2) is 4.79 Å². The highest BCUT2D eigenvalue weighted by Gasteiger charge is 2.54. The van der Waals surface area contributed by atoms with E-state index in [1.54, 1.807) is 12.1 Å². The van der Waals surface area contributed by atoms with Crippen molar-refractivity contribution in [2.24, 2.45) is 0 Å². The fourth-order valence-electron chi connectivity index (χ4n) is 3.77. The second-order valence-corrected chi connectivity index (χ2v) is 7.57. The Balaban J connectivity index is 1.89. The zero-order valence-electron chi connectivity index (χ0n) is 14.6. The molecule has 0 saturated carbocycles. The first-order valence-corrected chi connectivity index (χ1v) is 9.51. The third-order valence-corrected chi connectivity index (χ3v) is 5.85. The average Bonchev–Trinajstić information content (AvgIpc) is 2.98. The summed E-state index contributed by atoms with van der Waals surface area (Å²) in [7, 11) is 0. The summed E-state index contributed by atoms with van der Waals surface area (Å²) in [6.45, 7) is 4.64. The van der Waals surface area contributed by atoms with Gasteiger partial charge in [0.25, 0.3) is 5.91 Å². The summed E-state index contributed by atoms with van der Waals surface area (Å²) >= 11 is 12.0. The van der Waals surface area contributed by atoms with E-state index in [1.807, 2.05) is 0 Å². The Labute approximate surface area is 162 Å². The van der Waals surface area contributed by atoms with Crippen LogP contribution in [0.25, 0.3) is 0 Å². The number of carbonyl (C=O) groups is 2. The van der Waals surface area contributed by atoms with Gasteiger partial charge in [0, 0.05) is 31.5 Å². The van der Waals surface area contributed by atoms with Gasteiger partial charge in [0.2, 0.25) is 0 Å². The number of likely N-dealkylation sites (tertiary alicyclic amines) is 1. The molecule has 26 heavy (non-hydrogen) atoms. The van der Waals surface area contributed by atoms with E-state index < -0.39 is 23.6 Å². The minimum Gasteiger partial charge on any atom is -0.480 e. The highest BCUT2D eigenvalue weighted by molar-refractivity contribution is 6.42. The molecule has 2 fully saturated rings. The third-order valence-electron chi connectivity index (χ3n) is 5.11. The molecule has 3 rings (SSSR count). The number of aliphatic carboxylic acids is 1. The molecule has 1 spiro atoms. The predicted molar refractivity (Wildman–Crippen MR) is 98.7 cm³/mol. The van der Waals surface area contributed by atoms with E-state index in [4.69, 9.17) is 27.9 Å². The quantitative estimate of drug-likeness (QED) is 0.840. The molecule has 1 atom stereocenters. The number of hydrogen-bond acceptors (Lipinski definition) is 4. The van der Waals surface area contributed by atoms with Crippen molar-refractivity contribution in [3.8, 4) is 0 Å². The van der Waals surface area contributed by atoms with Gasteiger partial charge in [-0.3, -0.25) is 9.69 Å². The number of hydrogen-bond donors (Lipinski definition) is 1. The monoisotopic (exact) mass is 400 g/mol. The van der Waals surface area contributed by atoms with Gasteiger partial charge in [-0.1, -0.05) is 30.1 Å². The van der Waals surface area contributed by atoms with Gasteiger partial charge in [0.05, 0.1) is 16.7 Å². The lowest BCUT2D eigenvalue weighted by Gasteiger charge is -2.44. The lowest BCUT2D eigenvalue weighted by Crippen LogP contribution is -2.58. The lowest BCUT2D eigenvalue weighted by atomic mass is 9.96. The molecule has 2 heterocycles. The largest absolute Gasteiger partial charge is 0.480 e. The van der Waals surface area contributed by atoms with Crippen LogP contribution in [0, 0.1) is 0 Å². The number of carbonyl (C=O) groups excluding carboxylic acids is 1. The van der Waals surface area contributed by atoms with Crippen LogP contribution in [-0.2, 0) is 9.53 Å². The minimum absolute atomic E-state index is 0.00380. The number of amides is 1. The molecule has 0 bridgehead atoms. The van der Waals surface area contributed by atoms with E-state index in [2.05, 4.69) is 11.8 Å². The second kappa shape index (κ2) is 7.72. The van der Waals surface area contributed by atoms with E-state index in [9.17, 15) is 14.7 Å². The molecule has 0 unspecified atom stereocenters. The summed E-state index contributed by atoms with van der Waals surface area (Å²) in [4.78, 5) is 28.6. The van der Waals surface area contributed by atoms with Crippen LogP contribution < -0.4 is 0 Å². The van der Waals surface area contributed by atoms with Crippen molar-refractivity contribution in [1.82, 2.24) is 9.80 Å². The molecular formula is C18H22Cl2N2O4. The van der Waals surface area contributed by atoms with Gasteiger partial charge < -0.3 is 14.7 Å². The molecule has 0 aliphatic carbocycles. The SMILES string of the molecule is CCCN1CCC2(CC1)OC[C@@H](C(=O)O)N2C(=O)c1ccc(Cl)c(Cl)c1. The minimum atomic E-state index is -1.06. The highest BCUT2D eigenvalue weighted by atomic mass is 35.5. The molecule has 1 aromatic carbocycles. The molecule has 1 aromatic rings. The maximum absolute atomic E-state index is 13.2. The van der Waals surface area contributed by atoms with Gasteiger partial charge >= 0.3 is 5.97 Å². The van der Waals surface area contributed by atoms with Crippen LogP contribution in [0.2, 0.25) is 10.0 Å². The molecular weight excluding hydrogens is 379 g/mol. The molecule has 2 aliphatic rings. The first-order valence-electron chi connectivity index (χ1n) is 8.76. The van der Waals surface area contributed by atoms with E-state index in [1.165, 1.54) is 11.0 Å². The van der Waals surface area contributed by atoms with Gasteiger partial charge in [-0.15, -0.1) is 0 Å². The summed E-state index contributed by atoms with van der Waals surface area (Å²) in [5, 5.41) is 10.2. The third kappa shape index (κ3) is 3.56. The molecule has 8 heteroatoms. The maximum atomic E-state index is 13.2. The van der Waals surface area contributed by atoms with Gasteiger partial charge in [0.1, 0.15) is 5.72 Å². The number of piperidine rings is 1. The number of benzene rings is 1. The van der Waals surface area contributed by atoms with Gasteiger partial charge in [0.15, 0.2) is 6.04 Å². The van der Waals surface area contributed by atoms with Crippen molar-refractivity contribution < 1.29 is 19.4 Å². The molecule has 1 N–H and O–H groups in total. The Kier molecular flexibility index (Phi) is 5.77. The summed E-state index contributed by atoms with van der Waals surface area (Å²) in [5.74, 6) is -1.45. The average molecular weight is 401 g/mol. The van der Waals surface area contributed by atoms with Crippen LogP contribution in [-0.4, -0.2) is 64.8 Å². The molecule has 1 amide bonds. The number of halogens is 2. The molecule has 0 aromatic heterocycles.